The van der Waals surface area contributed by atoms with Gasteiger partial charge in [0.2, 0.25) is 0 Å². The fraction of sp³-hybridized carbons (Fsp3) is 0.222. The Kier molecular flexibility index (Phi) is 2.51. The van der Waals surface area contributed by atoms with E-state index >= 15 is 0 Å². The maximum absolute atomic E-state index is 5.40. The van der Waals surface area contributed by atoms with Crippen LogP contribution in [-0.4, -0.2) is 21.7 Å². The van der Waals surface area contributed by atoms with Crippen molar-refractivity contribution in [3.8, 4) is 11.3 Å². The molecule has 2 heterocycles. The standard InChI is InChI=1S/C9H10N4O/c10-2-1-8-3-9(14-13-8)7-4-11-6-12-5-7/h3-6H,1-2,10H2. The van der Waals surface area contributed by atoms with Gasteiger partial charge in [0.1, 0.15) is 6.33 Å². The van der Waals surface area contributed by atoms with Gasteiger partial charge < -0.3 is 10.3 Å². The van der Waals surface area contributed by atoms with Crippen LogP contribution in [0, 0.1) is 0 Å². The van der Waals surface area contributed by atoms with E-state index in [-0.39, 0.29) is 0 Å². The number of rotatable bonds is 3. The van der Waals surface area contributed by atoms with Gasteiger partial charge in [-0.3, -0.25) is 0 Å². The van der Waals surface area contributed by atoms with Crippen LogP contribution in [0.15, 0.2) is 29.3 Å². The van der Waals surface area contributed by atoms with Crippen LogP contribution in [-0.2, 0) is 6.42 Å². The summed E-state index contributed by atoms with van der Waals surface area (Å²) in [6.07, 6.45) is 5.55. The summed E-state index contributed by atoms with van der Waals surface area (Å²) in [6, 6.07) is 1.85. The van der Waals surface area contributed by atoms with Crippen molar-refractivity contribution in [2.24, 2.45) is 5.73 Å². The third-order valence-electron chi connectivity index (χ3n) is 1.80. The summed E-state index contributed by atoms with van der Waals surface area (Å²) in [6.45, 7) is 0.567. The van der Waals surface area contributed by atoms with E-state index in [1.807, 2.05) is 6.07 Å². The normalized spacial score (nSPS) is 10.4. The van der Waals surface area contributed by atoms with Gasteiger partial charge in [-0.2, -0.15) is 0 Å². The molecule has 2 aromatic heterocycles. The van der Waals surface area contributed by atoms with E-state index in [4.69, 9.17) is 10.3 Å². The van der Waals surface area contributed by atoms with Crippen LogP contribution in [0.2, 0.25) is 0 Å². The van der Waals surface area contributed by atoms with Crippen molar-refractivity contribution in [3.63, 3.8) is 0 Å². The first-order chi connectivity index (χ1) is 6.90. The Labute approximate surface area is 81.0 Å². The van der Waals surface area contributed by atoms with Crippen LogP contribution in [0.5, 0.6) is 0 Å². The van der Waals surface area contributed by atoms with E-state index in [0.717, 1.165) is 17.7 Å². The Balaban J connectivity index is 2.25. The highest BCUT2D eigenvalue weighted by atomic mass is 16.5. The molecule has 0 aliphatic heterocycles. The van der Waals surface area contributed by atoms with Gasteiger partial charge >= 0.3 is 0 Å². The monoisotopic (exact) mass is 190 g/mol. The van der Waals surface area contributed by atoms with Gasteiger partial charge in [0.25, 0.3) is 0 Å². The summed E-state index contributed by atoms with van der Waals surface area (Å²) in [4.78, 5) is 7.79. The van der Waals surface area contributed by atoms with Gasteiger partial charge in [-0.15, -0.1) is 0 Å². The highest BCUT2D eigenvalue weighted by Crippen LogP contribution is 2.17. The highest BCUT2D eigenvalue weighted by Gasteiger charge is 2.05. The van der Waals surface area contributed by atoms with E-state index < -0.39 is 0 Å². The Morgan fingerprint density at radius 1 is 1.29 bits per heavy atom. The molecule has 0 spiro atoms. The summed E-state index contributed by atoms with van der Waals surface area (Å²) >= 11 is 0. The van der Waals surface area contributed by atoms with Crippen molar-refractivity contribution >= 4 is 0 Å². The zero-order valence-corrected chi connectivity index (χ0v) is 7.55. The molecule has 0 amide bonds. The fourth-order valence-electron chi connectivity index (χ4n) is 1.14. The average Bonchev–Trinajstić information content (AvgIpc) is 2.68. The molecule has 0 radical (unpaired) electrons. The lowest BCUT2D eigenvalue weighted by molar-refractivity contribution is 0.423. The molecule has 5 nitrogen and oxygen atoms in total. The molecule has 0 saturated carbocycles. The van der Waals surface area contributed by atoms with Crippen molar-refractivity contribution in [3.05, 3.63) is 30.5 Å². The SMILES string of the molecule is NCCc1cc(-c2cncnc2)on1. The number of nitrogens with two attached hydrogens (primary N) is 1. The van der Waals surface area contributed by atoms with Crippen LogP contribution in [0.3, 0.4) is 0 Å². The molecule has 0 saturated heterocycles. The molecule has 72 valence electrons. The molecular weight excluding hydrogens is 180 g/mol. The minimum absolute atomic E-state index is 0.567. The van der Waals surface area contributed by atoms with E-state index in [0.29, 0.717) is 12.3 Å². The molecule has 14 heavy (non-hydrogen) atoms. The Morgan fingerprint density at radius 3 is 2.79 bits per heavy atom. The number of hydrogen-bond acceptors (Lipinski definition) is 5. The van der Waals surface area contributed by atoms with Crippen LogP contribution < -0.4 is 5.73 Å². The molecule has 2 N–H and O–H groups in total. The van der Waals surface area contributed by atoms with Crippen LogP contribution >= 0.6 is 0 Å². The van der Waals surface area contributed by atoms with E-state index in [1.165, 1.54) is 6.33 Å². The first kappa shape index (κ1) is 8.83. The molecule has 5 heteroatoms. The topological polar surface area (TPSA) is 77.8 Å². The Morgan fingerprint density at radius 2 is 2.07 bits per heavy atom. The van der Waals surface area contributed by atoms with Crippen LogP contribution in [0.1, 0.15) is 5.69 Å². The van der Waals surface area contributed by atoms with Crippen molar-refractivity contribution < 1.29 is 4.52 Å². The van der Waals surface area contributed by atoms with E-state index in [2.05, 4.69) is 15.1 Å². The Hall–Kier alpha value is -1.75. The molecule has 0 bridgehead atoms. The van der Waals surface area contributed by atoms with Gasteiger partial charge in [0, 0.05) is 24.9 Å². The largest absolute Gasteiger partial charge is 0.356 e. The van der Waals surface area contributed by atoms with Gasteiger partial charge in [-0.25, -0.2) is 9.97 Å². The zero-order chi connectivity index (χ0) is 9.80. The molecular formula is C9H10N4O. The molecule has 0 unspecified atom stereocenters. The predicted octanol–water partition coefficient (Wildman–Crippen LogP) is 0.633. The predicted molar refractivity (Wildman–Crippen MR) is 50.3 cm³/mol. The smallest absolute Gasteiger partial charge is 0.170 e. The lowest BCUT2D eigenvalue weighted by Gasteiger charge is -1.90. The Bertz CT molecular complexity index is 398. The highest BCUT2D eigenvalue weighted by molar-refractivity contribution is 5.54. The van der Waals surface area contributed by atoms with Crippen molar-refractivity contribution in [2.75, 3.05) is 6.54 Å². The van der Waals surface area contributed by atoms with Crippen molar-refractivity contribution in [1.29, 1.82) is 0 Å². The second-order valence-corrected chi connectivity index (χ2v) is 2.85. The van der Waals surface area contributed by atoms with Crippen LogP contribution in [0.4, 0.5) is 0 Å². The minimum Gasteiger partial charge on any atom is -0.356 e. The van der Waals surface area contributed by atoms with Crippen molar-refractivity contribution in [2.45, 2.75) is 6.42 Å². The lowest BCUT2D eigenvalue weighted by Crippen LogP contribution is -2.02. The minimum atomic E-state index is 0.567. The van der Waals surface area contributed by atoms with Gasteiger partial charge in [0.05, 0.1) is 11.3 Å². The summed E-state index contributed by atoms with van der Waals surface area (Å²) in [5.74, 6) is 0.675. The van der Waals surface area contributed by atoms with Crippen LogP contribution in [0.25, 0.3) is 11.3 Å². The molecule has 0 aromatic carbocycles. The van der Waals surface area contributed by atoms with Gasteiger partial charge in [-0.1, -0.05) is 5.16 Å². The second kappa shape index (κ2) is 3.97. The lowest BCUT2D eigenvalue weighted by atomic mass is 10.2. The summed E-state index contributed by atoms with van der Waals surface area (Å²) in [5.41, 5.74) is 7.08. The van der Waals surface area contributed by atoms with E-state index in [9.17, 15) is 0 Å². The number of aromatic nitrogens is 3. The molecule has 0 fully saturated rings. The molecule has 2 aromatic rings. The third kappa shape index (κ3) is 1.77. The summed E-state index contributed by atoms with van der Waals surface area (Å²) in [7, 11) is 0. The quantitative estimate of drug-likeness (QED) is 0.768. The second-order valence-electron chi connectivity index (χ2n) is 2.85. The maximum Gasteiger partial charge on any atom is 0.170 e. The molecule has 0 aliphatic rings. The zero-order valence-electron chi connectivity index (χ0n) is 7.55. The summed E-state index contributed by atoms with van der Waals surface area (Å²) < 4.78 is 5.12. The van der Waals surface area contributed by atoms with Gasteiger partial charge in [-0.05, 0) is 6.54 Å². The summed E-state index contributed by atoms with van der Waals surface area (Å²) in [5, 5.41) is 3.87. The van der Waals surface area contributed by atoms with Crippen molar-refractivity contribution in [1.82, 2.24) is 15.1 Å². The first-order valence-corrected chi connectivity index (χ1v) is 4.31. The third-order valence-corrected chi connectivity index (χ3v) is 1.80. The first-order valence-electron chi connectivity index (χ1n) is 4.31. The van der Waals surface area contributed by atoms with E-state index in [1.54, 1.807) is 12.4 Å². The molecule has 2 rings (SSSR count). The average molecular weight is 190 g/mol. The fourth-order valence-corrected chi connectivity index (χ4v) is 1.14. The molecule has 0 aliphatic carbocycles. The number of nitrogens with zero attached hydrogens (tertiary/aromatic N) is 3. The maximum atomic E-state index is 5.40. The number of hydrogen-bond donors (Lipinski definition) is 1. The van der Waals surface area contributed by atoms with Gasteiger partial charge in [0.15, 0.2) is 5.76 Å². The molecule has 0 atom stereocenters.